The minimum atomic E-state index is -4.68. The van der Waals surface area contributed by atoms with Crippen LogP contribution in [0.25, 0.3) is 0 Å². The van der Waals surface area contributed by atoms with Gasteiger partial charge in [-0.2, -0.15) is 18.2 Å². The van der Waals surface area contributed by atoms with E-state index in [1.807, 2.05) is 5.32 Å². The molecule has 9 heteroatoms. The van der Waals surface area contributed by atoms with Gasteiger partial charge >= 0.3 is 12.2 Å². The lowest BCUT2D eigenvalue weighted by atomic mass is 10.2. The molecule has 0 spiro atoms. The van der Waals surface area contributed by atoms with Crippen LogP contribution < -0.4 is 5.32 Å². The molecule has 106 valence electrons. The second-order valence-electron chi connectivity index (χ2n) is 3.65. The molecule has 0 unspecified atom stereocenters. The molecule has 1 heterocycles. The SMILES string of the molecule is O=C(Nc1nc(C(F)(F)F)co1)c1cc(Cl)ccc1O. The molecule has 0 aliphatic rings. The van der Waals surface area contributed by atoms with Crippen molar-refractivity contribution in [3.63, 3.8) is 0 Å². The number of alkyl halides is 3. The van der Waals surface area contributed by atoms with Crippen molar-refractivity contribution in [2.75, 3.05) is 5.32 Å². The quantitative estimate of drug-likeness (QED) is 0.892. The summed E-state index contributed by atoms with van der Waals surface area (Å²) in [4.78, 5) is 14.8. The van der Waals surface area contributed by atoms with Crippen LogP contribution in [0.5, 0.6) is 5.75 Å². The number of nitrogens with one attached hydrogen (secondary N) is 1. The monoisotopic (exact) mass is 306 g/mol. The molecule has 0 fully saturated rings. The van der Waals surface area contributed by atoms with Crippen molar-refractivity contribution < 1.29 is 27.5 Å². The summed E-state index contributed by atoms with van der Waals surface area (Å²) in [5.74, 6) is -1.28. The topological polar surface area (TPSA) is 75.4 Å². The second kappa shape index (κ2) is 5.04. The number of phenols is 1. The van der Waals surface area contributed by atoms with E-state index in [1.165, 1.54) is 12.1 Å². The number of hydrogen-bond donors (Lipinski definition) is 2. The van der Waals surface area contributed by atoms with Crippen molar-refractivity contribution in [1.29, 1.82) is 0 Å². The summed E-state index contributed by atoms with van der Waals surface area (Å²) in [7, 11) is 0. The number of anilines is 1. The van der Waals surface area contributed by atoms with E-state index < -0.39 is 23.8 Å². The maximum Gasteiger partial charge on any atom is 0.436 e. The molecule has 0 bridgehead atoms. The molecular weight excluding hydrogens is 301 g/mol. The minimum Gasteiger partial charge on any atom is -0.507 e. The third kappa shape index (κ3) is 3.02. The molecule has 5 nitrogen and oxygen atoms in total. The first-order valence-corrected chi connectivity index (χ1v) is 5.48. The van der Waals surface area contributed by atoms with Gasteiger partial charge in [0.2, 0.25) is 0 Å². The third-order valence-corrected chi connectivity index (χ3v) is 2.45. The molecular formula is C11H6ClF3N2O3. The van der Waals surface area contributed by atoms with Crippen LogP contribution >= 0.6 is 11.6 Å². The molecule has 1 amide bonds. The van der Waals surface area contributed by atoms with Gasteiger partial charge in [-0.3, -0.25) is 10.1 Å². The summed E-state index contributed by atoms with van der Waals surface area (Å²) in [6.07, 6.45) is -4.31. The third-order valence-electron chi connectivity index (χ3n) is 2.22. The molecule has 2 aromatic rings. The number of nitrogens with zero attached hydrogens (tertiary/aromatic N) is 1. The zero-order valence-corrected chi connectivity index (χ0v) is 10.3. The van der Waals surface area contributed by atoms with Gasteiger partial charge in [-0.05, 0) is 18.2 Å². The van der Waals surface area contributed by atoms with Gasteiger partial charge in [-0.15, -0.1) is 0 Å². The highest BCUT2D eigenvalue weighted by Gasteiger charge is 2.35. The Morgan fingerprint density at radius 3 is 2.70 bits per heavy atom. The number of phenolic OH excluding ortho intramolecular Hbond substituents is 1. The Bertz CT molecular complexity index is 655. The summed E-state index contributed by atoms with van der Waals surface area (Å²) in [6, 6.07) is 3.04. The summed E-state index contributed by atoms with van der Waals surface area (Å²) >= 11 is 5.65. The van der Waals surface area contributed by atoms with E-state index in [1.54, 1.807) is 0 Å². The predicted molar refractivity (Wildman–Crippen MR) is 62.6 cm³/mol. The molecule has 20 heavy (non-hydrogen) atoms. The van der Waals surface area contributed by atoms with Gasteiger partial charge in [-0.1, -0.05) is 11.6 Å². The van der Waals surface area contributed by atoms with Gasteiger partial charge in [0.05, 0.1) is 5.56 Å². The van der Waals surface area contributed by atoms with E-state index in [9.17, 15) is 23.1 Å². The maximum absolute atomic E-state index is 12.3. The Labute approximate surface area is 115 Å². The number of carbonyl (C=O) groups excluding carboxylic acids is 1. The van der Waals surface area contributed by atoms with Crippen LogP contribution in [0.1, 0.15) is 16.1 Å². The van der Waals surface area contributed by atoms with Gasteiger partial charge < -0.3 is 9.52 Å². The lowest BCUT2D eigenvalue weighted by molar-refractivity contribution is -0.141. The number of halogens is 4. The van der Waals surface area contributed by atoms with Crippen LogP contribution in [-0.4, -0.2) is 16.0 Å². The van der Waals surface area contributed by atoms with Crippen LogP contribution in [0.2, 0.25) is 5.02 Å². The van der Waals surface area contributed by atoms with Gasteiger partial charge in [-0.25, -0.2) is 0 Å². The molecule has 0 aliphatic carbocycles. The molecule has 2 N–H and O–H groups in total. The lowest BCUT2D eigenvalue weighted by Crippen LogP contribution is -2.13. The highest BCUT2D eigenvalue weighted by molar-refractivity contribution is 6.31. The number of aromatic nitrogens is 1. The number of benzene rings is 1. The average molecular weight is 307 g/mol. The van der Waals surface area contributed by atoms with E-state index in [-0.39, 0.29) is 16.3 Å². The van der Waals surface area contributed by atoms with E-state index in [0.29, 0.717) is 6.26 Å². The standard InChI is InChI=1S/C11H6ClF3N2O3/c12-5-1-2-7(18)6(3-5)9(19)17-10-16-8(4-20-10)11(13,14)15/h1-4,18H,(H,16,17,19). The average Bonchev–Trinajstić information content (AvgIpc) is 2.80. The maximum atomic E-state index is 12.3. The highest BCUT2D eigenvalue weighted by Crippen LogP contribution is 2.29. The number of oxazole rings is 1. The zero-order chi connectivity index (χ0) is 14.9. The Morgan fingerprint density at radius 1 is 1.40 bits per heavy atom. The van der Waals surface area contributed by atoms with Crippen LogP contribution in [-0.2, 0) is 6.18 Å². The van der Waals surface area contributed by atoms with Crippen LogP contribution in [0.3, 0.4) is 0 Å². The number of carbonyl (C=O) groups is 1. The van der Waals surface area contributed by atoms with E-state index in [4.69, 9.17) is 11.6 Å². The Hall–Kier alpha value is -2.22. The van der Waals surface area contributed by atoms with Crippen molar-refractivity contribution in [3.8, 4) is 5.75 Å². The van der Waals surface area contributed by atoms with Gasteiger partial charge in [0.25, 0.3) is 5.91 Å². The lowest BCUT2D eigenvalue weighted by Gasteiger charge is -2.04. The fourth-order valence-corrected chi connectivity index (χ4v) is 1.49. The molecule has 2 rings (SSSR count). The first kappa shape index (κ1) is 14.2. The first-order valence-electron chi connectivity index (χ1n) is 5.10. The van der Waals surface area contributed by atoms with E-state index in [0.717, 1.165) is 6.07 Å². The van der Waals surface area contributed by atoms with Crippen molar-refractivity contribution in [3.05, 3.63) is 40.7 Å². The van der Waals surface area contributed by atoms with Crippen molar-refractivity contribution in [2.45, 2.75) is 6.18 Å². The predicted octanol–water partition coefficient (Wildman–Crippen LogP) is 3.30. The van der Waals surface area contributed by atoms with E-state index in [2.05, 4.69) is 9.40 Å². The smallest absolute Gasteiger partial charge is 0.436 e. The Kier molecular flexibility index (Phi) is 3.58. The van der Waals surface area contributed by atoms with Crippen LogP contribution in [0.4, 0.5) is 19.2 Å². The largest absolute Gasteiger partial charge is 0.507 e. The molecule has 0 saturated carbocycles. The number of amides is 1. The second-order valence-corrected chi connectivity index (χ2v) is 4.09. The number of hydrogen-bond acceptors (Lipinski definition) is 4. The summed E-state index contributed by atoms with van der Waals surface area (Å²) in [5, 5.41) is 11.6. The molecule has 0 saturated heterocycles. The summed E-state index contributed by atoms with van der Waals surface area (Å²) in [5.41, 5.74) is -1.49. The normalized spacial score (nSPS) is 11.4. The van der Waals surface area contributed by atoms with Crippen LogP contribution in [0.15, 0.2) is 28.9 Å². The van der Waals surface area contributed by atoms with Crippen molar-refractivity contribution in [1.82, 2.24) is 4.98 Å². The fraction of sp³-hybridized carbons (Fsp3) is 0.0909. The van der Waals surface area contributed by atoms with E-state index >= 15 is 0 Å². The van der Waals surface area contributed by atoms with Gasteiger partial charge in [0.1, 0.15) is 12.0 Å². The number of rotatable bonds is 2. The van der Waals surface area contributed by atoms with Gasteiger partial charge in [0.15, 0.2) is 5.69 Å². The number of aromatic hydroxyl groups is 1. The molecule has 0 radical (unpaired) electrons. The molecule has 1 aromatic carbocycles. The Morgan fingerprint density at radius 2 is 2.10 bits per heavy atom. The fourth-order valence-electron chi connectivity index (χ4n) is 1.32. The molecule has 0 aliphatic heterocycles. The minimum absolute atomic E-state index is 0.177. The van der Waals surface area contributed by atoms with Crippen LogP contribution in [0, 0.1) is 0 Å². The molecule has 1 aromatic heterocycles. The van der Waals surface area contributed by atoms with Gasteiger partial charge in [0, 0.05) is 5.02 Å². The molecule has 0 atom stereocenters. The zero-order valence-electron chi connectivity index (χ0n) is 9.53. The highest BCUT2D eigenvalue weighted by atomic mass is 35.5. The first-order chi connectivity index (χ1) is 9.27. The van der Waals surface area contributed by atoms with Crippen molar-refractivity contribution in [2.24, 2.45) is 0 Å². The summed E-state index contributed by atoms with van der Waals surface area (Å²) in [6.45, 7) is 0. The Balaban J connectivity index is 2.20. The van der Waals surface area contributed by atoms with Crippen molar-refractivity contribution >= 4 is 23.5 Å². The summed E-state index contributed by atoms with van der Waals surface area (Å²) < 4.78 is 41.3.